The summed E-state index contributed by atoms with van der Waals surface area (Å²) in [5.74, 6) is -0.0273. The summed E-state index contributed by atoms with van der Waals surface area (Å²) in [4.78, 5) is 12.0. The Labute approximate surface area is 150 Å². The molecule has 0 aromatic heterocycles. The molecule has 23 heavy (non-hydrogen) atoms. The number of benzene rings is 2. The van der Waals surface area contributed by atoms with E-state index in [-0.39, 0.29) is 18.5 Å². The van der Waals surface area contributed by atoms with Gasteiger partial charge in [0.05, 0.1) is 6.54 Å². The third-order valence-corrected chi connectivity index (χ3v) is 4.33. The standard InChI is InChI=1S/C18H20BrClN2O/c1-2-17(14-6-8-15(19)9-7-14)21-12-18(23)22-11-13-4-3-5-16(20)10-13/h3-10,17,21H,2,11-12H2,1H3,(H,22,23)/t17-/m0/s1. The summed E-state index contributed by atoms with van der Waals surface area (Å²) in [7, 11) is 0. The van der Waals surface area contributed by atoms with Crippen molar-refractivity contribution in [3.05, 3.63) is 69.2 Å². The molecule has 0 bridgehead atoms. The van der Waals surface area contributed by atoms with Crippen LogP contribution in [0, 0.1) is 0 Å². The Balaban J connectivity index is 1.81. The number of halogens is 2. The van der Waals surface area contributed by atoms with Crippen LogP contribution in [0.2, 0.25) is 5.02 Å². The first-order chi connectivity index (χ1) is 11.1. The van der Waals surface area contributed by atoms with Crippen LogP contribution in [0.5, 0.6) is 0 Å². The second kappa shape index (κ2) is 9.06. The molecule has 0 fully saturated rings. The smallest absolute Gasteiger partial charge is 0.234 e. The zero-order chi connectivity index (χ0) is 16.7. The molecule has 2 aromatic carbocycles. The fourth-order valence-electron chi connectivity index (χ4n) is 2.32. The van der Waals surface area contributed by atoms with Crippen molar-refractivity contribution in [3.8, 4) is 0 Å². The summed E-state index contributed by atoms with van der Waals surface area (Å²) >= 11 is 9.36. The van der Waals surface area contributed by atoms with Crippen LogP contribution in [-0.2, 0) is 11.3 Å². The molecule has 0 unspecified atom stereocenters. The van der Waals surface area contributed by atoms with Crippen molar-refractivity contribution in [2.24, 2.45) is 0 Å². The predicted molar refractivity (Wildman–Crippen MR) is 98.5 cm³/mol. The van der Waals surface area contributed by atoms with Gasteiger partial charge in [-0.15, -0.1) is 0 Å². The molecule has 0 radical (unpaired) electrons. The fraction of sp³-hybridized carbons (Fsp3) is 0.278. The SMILES string of the molecule is CC[C@H](NCC(=O)NCc1cccc(Cl)c1)c1ccc(Br)cc1. The molecule has 1 amide bonds. The lowest BCUT2D eigenvalue weighted by Gasteiger charge is -2.17. The van der Waals surface area contributed by atoms with Crippen molar-refractivity contribution in [2.75, 3.05) is 6.54 Å². The Morgan fingerprint density at radius 2 is 1.96 bits per heavy atom. The van der Waals surface area contributed by atoms with Gasteiger partial charge in [-0.1, -0.05) is 58.7 Å². The van der Waals surface area contributed by atoms with E-state index in [9.17, 15) is 4.79 Å². The normalized spacial score (nSPS) is 12.0. The molecule has 0 aliphatic rings. The zero-order valence-electron chi connectivity index (χ0n) is 13.0. The highest BCUT2D eigenvalue weighted by Crippen LogP contribution is 2.19. The van der Waals surface area contributed by atoms with E-state index in [2.05, 4.69) is 45.6 Å². The first-order valence-electron chi connectivity index (χ1n) is 7.58. The van der Waals surface area contributed by atoms with Crippen LogP contribution < -0.4 is 10.6 Å². The average Bonchev–Trinajstić information content (AvgIpc) is 2.55. The van der Waals surface area contributed by atoms with Crippen LogP contribution in [0.3, 0.4) is 0 Å². The van der Waals surface area contributed by atoms with Crippen molar-refractivity contribution in [2.45, 2.75) is 25.9 Å². The Morgan fingerprint density at radius 3 is 2.61 bits per heavy atom. The lowest BCUT2D eigenvalue weighted by atomic mass is 10.0. The Morgan fingerprint density at radius 1 is 1.22 bits per heavy atom. The van der Waals surface area contributed by atoms with Crippen LogP contribution in [0.25, 0.3) is 0 Å². The highest BCUT2D eigenvalue weighted by atomic mass is 79.9. The topological polar surface area (TPSA) is 41.1 Å². The Bertz CT molecular complexity index is 646. The predicted octanol–water partition coefficient (Wildman–Crippen LogP) is 4.46. The molecule has 0 aliphatic heterocycles. The molecule has 2 N–H and O–H groups in total. The van der Waals surface area contributed by atoms with Gasteiger partial charge >= 0.3 is 0 Å². The van der Waals surface area contributed by atoms with Crippen molar-refractivity contribution >= 4 is 33.4 Å². The molecule has 0 saturated heterocycles. The minimum Gasteiger partial charge on any atom is -0.351 e. The highest BCUT2D eigenvalue weighted by Gasteiger charge is 2.10. The van der Waals surface area contributed by atoms with Crippen molar-refractivity contribution in [1.82, 2.24) is 10.6 Å². The second-order valence-electron chi connectivity index (χ2n) is 5.30. The maximum atomic E-state index is 12.0. The molecule has 1 atom stereocenters. The van der Waals surface area contributed by atoms with E-state index >= 15 is 0 Å². The number of nitrogens with one attached hydrogen (secondary N) is 2. The summed E-state index contributed by atoms with van der Waals surface area (Å²) in [6.07, 6.45) is 0.920. The molecule has 3 nitrogen and oxygen atoms in total. The highest BCUT2D eigenvalue weighted by molar-refractivity contribution is 9.10. The van der Waals surface area contributed by atoms with Gasteiger partial charge in [0.15, 0.2) is 0 Å². The van der Waals surface area contributed by atoms with Gasteiger partial charge in [0, 0.05) is 22.1 Å². The number of carbonyl (C=O) groups is 1. The third-order valence-electron chi connectivity index (χ3n) is 3.57. The van der Waals surface area contributed by atoms with Gasteiger partial charge < -0.3 is 10.6 Å². The molecule has 0 saturated carbocycles. The van der Waals surface area contributed by atoms with E-state index in [0.29, 0.717) is 11.6 Å². The summed E-state index contributed by atoms with van der Waals surface area (Å²) in [6.45, 7) is 2.87. The largest absolute Gasteiger partial charge is 0.351 e. The Kier molecular flexibility index (Phi) is 7.09. The summed E-state index contributed by atoms with van der Waals surface area (Å²) in [5.41, 5.74) is 2.17. The molecular weight excluding hydrogens is 376 g/mol. The van der Waals surface area contributed by atoms with E-state index in [1.807, 2.05) is 36.4 Å². The minimum absolute atomic E-state index is 0.0273. The van der Waals surface area contributed by atoms with E-state index < -0.39 is 0 Å². The average molecular weight is 396 g/mol. The maximum Gasteiger partial charge on any atom is 0.234 e. The molecule has 2 aromatic rings. The molecular formula is C18H20BrClN2O. The van der Waals surface area contributed by atoms with E-state index in [4.69, 9.17) is 11.6 Å². The summed E-state index contributed by atoms with van der Waals surface area (Å²) in [5, 5.41) is 6.87. The van der Waals surface area contributed by atoms with Crippen LogP contribution in [0.1, 0.15) is 30.5 Å². The molecule has 0 heterocycles. The van der Waals surface area contributed by atoms with Gasteiger partial charge in [-0.25, -0.2) is 0 Å². The van der Waals surface area contributed by atoms with Gasteiger partial charge in [0.2, 0.25) is 5.91 Å². The van der Waals surface area contributed by atoms with Crippen molar-refractivity contribution < 1.29 is 4.79 Å². The first kappa shape index (κ1) is 18.0. The number of rotatable bonds is 7. The maximum absolute atomic E-state index is 12.0. The van der Waals surface area contributed by atoms with Gasteiger partial charge in [-0.05, 0) is 41.8 Å². The lowest BCUT2D eigenvalue weighted by Crippen LogP contribution is -2.35. The number of amides is 1. The fourth-order valence-corrected chi connectivity index (χ4v) is 2.80. The molecule has 122 valence electrons. The number of carbonyl (C=O) groups excluding carboxylic acids is 1. The first-order valence-corrected chi connectivity index (χ1v) is 8.75. The van der Waals surface area contributed by atoms with E-state index in [1.165, 1.54) is 5.56 Å². The summed E-state index contributed by atoms with van der Waals surface area (Å²) < 4.78 is 1.05. The van der Waals surface area contributed by atoms with Gasteiger partial charge in [0.25, 0.3) is 0 Å². The third kappa shape index (κ3) is 5.98. The number of hydrogen-bond acceptors (Lipinski definition) is 2. The second-order valence-corrected chi connectivity index (χ2v) is 6.65. The zero-order valence-corrected chi connectivity index (χ0v) is 15.3. The quantitative estimate of drug-likeness (QED) is 0.727. The van der Waals surface area contributed by atoms with Crippen LogP contribution in [0.4, 0.5) is 0 Å². The minimum atomic E-state index is -0.0273. The van der Waals surface area contributed by atoms with Crippen LogP contribution in [0.15, 0.2) is 53.0 Å². The summed E-state index contributed by atoms with van der Waals surface area (Å²) in [6, 6.07) is 15.8. The van der Waals surface area contributed by atoms with E-state index in [1.54, 1.807) is 0 Å². The van der Waals surface area contributed by atoms with E-state index in [0.717, 1.165) is 16.5 Å². The molecule has 5 heteroatoms. The molecule has 0 aliphatic carbocycles. The monoisotopic (exact) mass is 394 g/mol. The van der Waals surface area contributed by atoms with Crippen LogP contribution >= 0.6 is 27.5 Å². The van der Waals surface area contributed by atoms with Crippen LogP contribution in [-0.4, -0.2) is 12.5 Å². The van der Waals surface area contributed by atoms with Crippen molar-refractivity contribution in [3.63, 3.8) is 0 Å². The molecule has 0 spiro atoms. The van der Waals surface area contributed by atoms with Gasteiger partial charge in [0.1, 0.15) is 0 Å². The van der Waals surface area contributed by atoms with Gasteiger partial charge in [-0.3, -0.25) is 4.79 Å². The van der Waals surface area contributed by atoms with Crippen molar-refractivity contribution in [1.29, 1.82) is 0 Å². The Hall–Kier alpha value is -1.36. The van der Waals surface area contributed by atoms with Gasteiger partial charge in [-0.2, -0.15) is 0 Å². The number of hydrogen-bond donors (Lipinski definition) is 2. The lowest BCUT2D eigenvalue weighted by molar-refractivity contribution is -0.120. The molecule has 2 rings (SSSR count).